The molecule has 142 valence electrons. The van der Waals surface area contributed by atoms with Crippen LogP contribution in [0.5, 0.6) is 5.75 Å². The zero-order valence-electron chi connectivity index (χ0n) is 14.8. The normalized spacial score (nSPS) is 23.0. The second kappa shape index (κ2) is 8.87. The molecular weight excluding hydrogens is 333 g/mol. The first-order valence-corrected chi connectivity index (χ1v) is 8.70. The standard InChI is InChI=1S/C18H27F3N2O2/c1-14-12-22(13-15(2)23(14)8-9-24)7-4-10-25-17-6-3-5-16(11-17)18(19,20)21/h3,5-6,11,14-15,24H,4,7-10,12-13H2,1-2H3/t14-,15+. The molecule has 25 heavy (non-hydrogen) atoms. The van der Waals surface area contributed by atoms with Gasteiger partial charge in [-0.15, -0.1) is 0 Å². The van der Waals surface area contributed by atoms with Crippen molar-refractivity contribution in [3.63, 3.8) is 0 Å². The third-order valence-electron chi connectivity index (χ3n) is 4.58. The molecule has 0 bridgehead atoms. The molecular formula is C18H27F3N2O2. The van der Waals surface area contributed by atoms with Gasteiger partial charge < -0.3 is 14.7 Å². The summed E-state index contributed by atoms with van der Waals surface area (Å²) in [5, 5.41) is 9.13. The van der Waals surface area contributed by atoms with Crippen LogP contribution >= 0.6 is 0 Å². The summed E-state index contributed by atoms with van der Waals surface area (Å²) < 4.78 is 43.5. The van der Waals surface area contributed by atoms with Crippen molar-refractivity contribution in [2.45, 2.75) is 38.5 Å². The van der Waals surface area contributed by atoms with E-state index in [0.717, 1.165) is 38.2 Å². The zero-order valence-corrected chi connectivity index (χ0v) is 14.8. The van der Waals surface area contributed by atoms with E-state index in [0.29, 0.717) is 25.2 Å². The van der Waals surface area contributed by atoms with Gasteiger partial charge in [-0.1, -0.05) is 6.07 Å². The summed E-state index contributed by atoms with van der Waals surface area (Å²) in [6.07, 6.45) is -3.59. The predicted molar refractivity (Wildman–Crippen MR) is 90.7 cm³/mol. The molecule has 1 heterocycles. The molecule has 1 aromatic rings. The number of piperazine rings is 1. The first-order valence-electron chi connectivity index (χ1n) is 8.70. The number of β-amino-alcohol motifs (C(OH)–C–C–N with tert-alkyl or cyclic N) is 1. The average molecular weight is 360 g/mol. The van der Waals surface area contributed by atoms with E-state index < -0.39 is 11.7 Å². The molecule has 2 rings (SSSR count). The van der Waals surface area contributed by atoms with Crippen LogP contribution in [-0.4, -0.2) is 66.4 Å². The molecule has 0 saturated carbocycles. The maximum absolute atomic E-state index is 12.7. The number of hydrogen-bond donors (Lipinski definition) is 1. The highest BCUT2D eigenvalue weighted by atomic mass is 19.4. The molecule has 0 aliphatic carbocycles. The maximum atomic E-state index is 12.7. The SMILES string of the molecule is C[C@@H]1CN(CCCOc2cccc(C(F)(F)F)c2)C[C@H](C)N1CCO. The minimum absolute atomic E-state index is 0.166. The smallest absolute Gasteiger partial charge is 0.416 e. The third-order valence-corrected chi connectivity index (χ3v) is 4.58. The van der Waals surface area contributed by atoms with Gasteiger partial charge in [0.25, 0.3) is 0 Å². The second-order valence-electron chi connectivity index (χ2n) is 6.65. The van der Waals surface area contributed by atoms with Crippen molar-refractivity contribution in [3.8, 4) is 5.75 Å². The van der Waals surface area contributed by atoms with E-state index in [9.17, 15) is 13.2 Å². The van der Waals surface area contributed by atoms with Gasteiger partial charge in [0.15, 0.2) is 0 Å². The van der Waals surface area contributed by atoms with Crippen molar-refractivity contribution in [1.29, 1.82) is 0 Å². The molecule has 1 aliphatic heterocycles. The molecule has 0 aromatic heterocycles. The highest BCUT2D eigenvalue weighted by Gasteiger charge is 2.31. The van der Waals surface area contributed by atoms with E-state index in [-0.39, 0.29) is 12.4 Å². The molecule has 1 N–H and O–H groups in total. The lowest BCUT2D eigenvalue weighted by atomic mass is 10.1. The van der Waals surface area contributed by atoms with Crippen molar-refractivity contribution >= 4 is 0 Å². The van der Waals surface area contributed by atoms with Gasteiger partial charge in [0.2, 0.25) is 0 Å². The van der Waals surface area contributed by atoms with Crippen LogP contribution in [0.15, 0.2) is 24.3 Å². The predicted octanol–water partition coefficient (Wildman–Crippen LogP) is 2.86. The van der Waals surface area contributed by atoms with E-state index in [1.807, 2.05) is 0 Å². The molecule has 0 amide bonds. The van der Waals surface area contributed by atoms with Crippen LogP contribution in [-0.2, 0) is 6.18 Å². The Morgan fingerprint density at radius 1 is 1.16 bits per heavy atom. The Labute approximate surface area is 147 Å². The van der Waals surface area contributed by atoms with E-state index in [4.69, 9.17) is 9.84 Å². The van der Waals surface area contributed by atoms with Crippen LogP contribution < -0.4 is 4.74 Å². The van der Waals surface area contributed by atoms with Crippen molar-refractivity contribution in [1.82, 2.24) is 9.80 Å². The van der Waals surface area contributed by atoms with Crippen LogP contribution in [0.25, 0.3) is 0 Å². The number of rotatable bonds is 7. The van der Waals surface area contributed by atoms with Crippen LogP contribution in [0.3, 0.4) is 0 Å². The van der Waals surface area contributed by atoms with E-state index in [1.54, 1.807) is 6.07 Å². The summed E-state index contributed by atoms with van der Waals surface area (Å²) in [6, 6.07) is 5.74. The number of aliphatic hydroxyl groups is 1. The molecule has 4 nitrogen and oxygen atoms in total. The highest BCUT2D eigenvalue weighted by molar-refractivity contribution is 5.30. The summed E-state index contributed by atoms with van der Waals surface area (Å²) >= 11 is 0. The highest BCUT2D eigenvalue weighted by Crippen LogP contribution is 2.31. The number of hydrogen-bond acceptors (Lipinski definition) is 4. The van der Waals surface area contributed by atoms with Crippen LogP contribution in [0.1, 0.15) is 25.8 Å². The number of aliphatic hydroxyl groups excluding tert-OH is 1. The topological polar surface area (TPSA) is 35.9 Å². The fraction of sp³-hybridized carbons (Fsp3) is 0.667. The maximum Gasteiger partial charge on any atom is 0.416 e. The Bertz CT molecular complexity index is 527. The van der Waals surface area contributed by atoms with E-state index in [1.165, 1.54) is 6.07 Å². The molecule has 1 fully saturated rings. The van der Waals surface area contributed by atoms with Gasteiger partial charge in [0.05, 0.1) is 18.8 Å². The summed E-state index contributed by atoms with van der Waals surface area (Å²) in [7, 11) is 0. The van der Waals surface area contributed by atoms with Crippen molar-refractivity contribution in [2.75, 3.05) is 39.4 Å². The average Bonchev–Trinajstić information content (AvgIpc) is 2.54. The Morgan fingerprint density at radius 2 is 1.84 bits per heavy atom. The van der Waals surface area contributed by atoms with Gasteiger partial charge in [-0.25, -0.2) is 0 Å². The first kappa shape index (κ1) is 20.0. The third kappa shape index (κ3) is 5.87. The lowest BCUT2D eigenvalue weighted by molar-refractivity contribution is -0.137. The molecule has 0 spiro atoms. The van der Waals surface area contributed by atoms with Crippen LogP contribution in [0, 0.1) is 0 Å². The van der Waals surface area contributed by atoms with Crippen molar-refractivity contribution in [3.05, 3.63) is 29.8 Å². The van der Waals surface area contributed by atoms with Gasteiger partial charge >= 0.3 is 6.18 Å². The van der Waals surface area contributed by atoms with Crippen molar-refractivity contribution < 1.29 is 23.0 Å². The Kier molecular flexibility index (Phi) is 7.10. The van der Waals surface area contributed by atoms with E-state index in [2.05, 4.69) is 23.6 Å². The summed E-state index contributed by atoms with van der Waals surface area (Å²) in [5.74, 6) is 0.254. The number of ether oxygens (including phenoxy) is 1. The van der Waals surface area contributed by atoms with Gasteiger partial charge in [-0.05, 0) is 38.5 Å². The number of nitrogens with zero attached hydrogens (tertiary/aromatic N) is 2. The number of halogens is 3. The Morgan fingerprint density at radius 3 is 2.44 bits per heavy atom. The molecule has 0 radical (unpaired) electrons. The monoisotopic (exact) mass is 360 g/mol. The Balaban J connectivity index is 1.75. The molecule has 1 saturated heterocycles. The molecule has 0 unspecified atom stereocenters. The fourth-order valence-corrected chi connectivity index (χ4v) is 3.45. The molecule has 2 atom stereocenters. The second-order valence-corrected chi connectivity index (χ2v) is 6.65. The quantitative estimate of drug-likeness (QED) is 0.759. The molecule has 1 aromatic carbocycles. The summed E-state index contributed by atoms with van der Waals surface area (Å²) in [6.45, 7) is 8.24. The fourth-order valence-electron chi connectivity index (χ4n) is 3.45. The lowest BCUT2D eigenvalue weighted by Gasteiger charge is -2.44. The van der Waals surface area contributed by atoms with Crippen LogP contribution in [0.4, 0.5) is 13.2 Å². The minimum Gasteiger partial charge on any atom is -0.494 e. The van der Waals surface area contributed by atoms with Gasteiger partial charge in [-0.3, -0.25) is 4.90 Å². The number of benzene rings is 1. The van der Waals surface area contributed by atoms with E-state index >= 15 is 0 Å². The largest absolute Gasteiger partial charge is 0.494 e. The van der Waals surface area contributed by atoms with Gasteiger partial charge in [-0.2, -0.15) is 13.2 Å². The first-order chi connectivity index (χ1) is 11.8. The summed E-state index contributed by atoms with van der Waals surface area (Å²) in [4.78, 5) is 4.65. The summed E-state index contributed by atoms with van der Waals surface area (Å²) in [5.41, 5.74) is -0.687. The van der Waals surface area contributed by atoms with Gasteiger partial charge in [0.1, 0.15) is 5.75 Å². The Hall–Kier alpha value is -1.31. The van der Waals surface area contributed by atoms with Gasteiger partial charge in [0, 0.05) is 38.3 Å². The number of alkyl halides is 3. The lowest BCUT2D eigenvalue weighted by Crippen LogP contribution is -2.57. The molecule has 1 aliphatic rings. The van der Waals surface area contributed by atoms with Crippen LogP contribution in [0.2, 0.25) is 0 Å². The molecule has 7 heteroatoms. The minimum atomic E-state index is -4.35. The van der Waals surface area contributed by atoms with Crippen molar-refractivity contribution in [2.24, 2.45) is 0 Å². The zero-order chi connectivity index (χ0) is 18.4.